The Kier molecular flexibility index (Phi) is 8.84. The number of nitrogens with zero attached hydrogens (tertiary/aromatic N) is 1. The van der Waals surface area contributed by atoms with Gasteiger partial charge in [0.05, 0.1) is 6.04 Å². The summed E-state index contributed by atoms with van der Waals surface area (Å²) in [5, 5.41) is 1.30. The summed E-state index contributed by atoms with van der Waals surface area (Å²) in [6, 6.07) is 15.2. The van der Waals surface area contributed by atoms with Gasteiger partial charge in [-0.2, -0.15) is 11.8 Å². The first-order valence-corrected chi connectivity index (χ1v) is 13.5. The van der Waals surface area contributed by atoms with Crippen LogP contribution in [0, 0.1) is 0 Å². The third-order valence-electron chi connectivity index (χ3n) is 6.16. The molecule has 3 nitrogen and oxygen atoms in total. The fourth-order valence-corrected chi connectivity index (χ4v) is 5.83. The molecule has 1 fully saturated rings. The minimum atomic E-state index is -1.02. The van der Waals surface area contributed by atoms with Gasteiger partial charge in [-0.3, -0.25) is 4.79 Å². The van der Waals surface area contributed by atoms with E-state index in [1.165, 1.54) is 0 Å². The summed E-state index contributed by atoms with van der Waals surface area (Å²) >= 11 is 14.5. The first-order chi connectivity index (χ1) is 16.0. The van der Waals surface area contributed by atoms with Crippen LogP contribution in [0.4, 0.5) is 0 Å². The molecule has 184 valence electrons. The minimum absolute atomic E-state index is 0.00742. The predicted molar refractivity (Wildman–Crippen MR) is 146 cm³/mol. The molecule has 0 saturated carbocycles. The maximum atomic E-state index is 14.1. The third kappa shape index (κ3) is 6.20. The lowest BCUT2D eigenvalue weighted by Crippen LogP contribution is -2.60. The zero-order chi connectivity index (χ0) is 25.1. The van der Waals surface area contributed by atoms with Crippen molar-refractivity contribution in [2.24, 2.45) is 0 Å². The lowest BCUT2D eigenvalue weighted by atomic mass is 9.86. The van der Waals surface area contributed by atoms with Gasteiger partial charge in [0, 0.05) is 33.0 Å². The summed E-state index contributed by atoms with van der Waals surface area (Å²) in [7, 11) is 0. The smallest absolute Gasteiger partial charge is 0.255 e. The van der Waals surface area contributed by atoms with Crippen LogP contribution in [-0.4, -0.2) is 32.9 Å². The molecule has 0 N–H and O–H groups in total. The normalized spacial score (nSPS) is 24.2. The van der Waals surface area contributed by atoms with Crippen molar-refractivity contribution in [2.75, 3.05) is 5.75 Å². The number of halogens is 2. The number of carbonyl (C=O) groups excluding carboxylic acids is 1. The molecule has 3 rings (SSSR count). The highest BCUT2D eigenvalue weighted by atomic mass is 35.5. The van der Waals surface area contributed by atoms with E-state index in [1.807, 2.05) is 67.2 Å². The molecule has 1 aliphatic rings. The molecule has 2 aromatic rings. The van der Waals surface area contributed by atoms with Crippen molar-refractivity contribution in [1.29, 1.82) is 0 Å². The molecular formula is C28H35Cl2NO2S. The van der Waals surface area contributed by atoms with Gasteiger partial charge in [0.2, 0.25) is 0 Å². The molecule has 1 aliphatic heterocycles. The maximum Gasteiger partial charge on any atom is 0.255 e. The lowest BCUT2D eigenvalue weighted by molar-refractivity contribution is -0.201. The molecule has 0 aliphatic carbocycles. The largest absolute Gasteiger partial charge is 0.355 e. The molecule has 3 unspecified atom stereocenters. The number of benzene rings is 2. The molecule has 1 heterocycles. The average molecular weight is 521 g/mol. The average Bonchev–Trinajstić information content (AvgIpc) is 2.77. The quantitative estimate of drug-likeness (QED) is 0.328. The van der Waals surface area contributed by atoms with Crippen molar-refractivity contribution < 1.29 is 9.53 Å². The Balaban J connectivity index is 2.19. The van der Waals surface area contributed by atoms with Crippen LogP contribution in [0.3, 0.4) is 0 Å². The van der Waals surface area contributed by atoms with Crippen LogP contribution in [0.15, 0.2) is 61.2 Å². The molecule has 0 bridgehead atoms. The monoisotopic (exact) mass is 519 g/mol. The van der Waals surface area contributed by atoms with Crippen LogP contribution in [0.1, 0.15) is 70.7 Å². The zero-order valence-corrected chi connectivity index (χ0v) is 23.0. The zero-order valence-electron chi connectivity index (χ0n) is 20.7. The Labute approximate surface area is 218 Å². The predicted octanol–water partition coefficient (Wildman–Crippen LogP) is 8.28. The van der Waals surface area contributed by atoms with Gasteiger partial charge in [-0.15, -0.1) is 6.58 Å². The number of rotatable bonds is 8. The fourth-order valence-electron chi connectivity index (χ4n) is 4.41. The Morgan fingerprint density at radius 2 is 1.82 bits per heavy atom. The summed E-state index contributed by atoms with van der Waals surface area (Å²) in [6.07, 6.45) is 2.63. The van der Waals surface area contributed by atoms with Crippen LogP contribution < -0.4 is 0 Å². The van der Waals surface area contributed by atoms with Gasteiger partial charge in [0.1, 0.15) is 11.7 Å². The second-order valence-corrected chi connectivity index (χ2v) is 12.7. The second-order valence-electron chi connectivity index (χ2n) is 10.0. The van der Waals surface area contributed by atoms with Crippen molar-refractivity contribution in [3.63, 3.8) is 0 Å². The minimum Gasteiger partial charge on any atom is -0.355 e. The Bertz CT molecular complexity index is 1000. The number of thioether (sulfide) groups is 1. The summed E-state index contributed by atoms with van der Waals surface area (Å²) < 4.78 is 6.77. The van der Waals surface area contributed by atoms with Crippen LogP contribution in [0.2, 0.25) is 10.0 Å². The van der Waals surface area contributed by atoms with E-state index in [1.54, 1.807) is 6.08 Å². The van der Waals surface area contributed by atoms with Crippen LogP contribution >= 0.6 is 35.0 Å². The molecule has 0 radical (unpaired) electrons. The molecule has 4 atom stereocenters. The van der Waals surface area contributed by atoms with Crippen molar-refractivity contribution in [3.05, 3.63) is 82.4 Å². The van der Waals surface area contributed by atoms with Gasteiger partial charge in [-0.1, -0.05) is 81.2 Å². The molecule has 0 aromatic heterocycles. The van der Waals surface area contributed by atoms with Gasteiger partial charge in [0.15, 0.2) is 0 Å². The molecule has 1 saturated heterocycles. The standard InChI is InChI=1S/C28H35Cl2NO2S/c1-7-16-28(6)26(32)31(23(8-2)18-34-27(3,4)5)24(19-12-14-21(29)15-13-19)25(33-28)20-10-9-11-22(30)17-20/h7,9-15,17,23-25H,1,8,16,18H2,2-6H3/t23?,24?,25?,28-/m0/s1. The van der Waals surface area contributed by atoms with Crippen molar-refractivity contribution >= 4 is 40.9 Å². The van der Waals surface area contributed by atoms with Gasteiger partial charge in [0.25, 0.3) is 5.91 Å². The van der Waals surface area contributed by atoms with Gasteiger partial charge >= 0.3 is 0 Å². The van der Waals surface area contributed by atoms with Gasteiger partial charge in [-0.25, -0.2) is 0 Å². The Hall–Kier alpha value is -1.46. The fraction of sp³-hybridized carbons (Fsp3) is 0.464. The summed E-state index contributed by atoms with van der Waals surface area (Å²) in [5.74, 6) is 0.828. The van der Waals surface area contributed by atoms with Crippen molar-refractivity contribution in [2.45, 2.75) is 76.0 Å². The van der Waals surface area contributed by atoms with E-state index < -0.39 is 11.7 Å². The second kappa shape index (κ2) is 11.1. The highest BCUT2D eigenvalue weighted by Gasteiger charge is 2.52. The highest BCUT2D eigenvalue weighted by Crippen LogP contribution is 2.48. The van der Waals surface area contributed by atoms with Crippen LogP contribution in [-0.2, 0) is 9.53 Å². The number of hydrogen-bond donors (Lipinski definition) is 0. The molecular weight excluding hydrogens is 485 g/mol. The number of hydrogen-bond acceptors (Lipinski definition) is 3. The number of morpholine rings is 1. The SMILES string of the molecule is C=CC[C@]1(C)OC(c2cccc(Cl)c2)C(c2ccc(Cl)cc2)N(C(CC)CSC(C)(C)C)C1=O. The summed E-state index contributed by atoms with van der Waals surface area (Å²) in [6.45, 7) is 14.5. The lowest BCUT2D eigenvalue weighted by Gasteiger charge is -2.52. The van der Waals surface area contributed by atoms with E-state index in [4.69, 9.17) is 27.9 Å². The summed E-state index contributed by atoms with van der Waals surface area (Å²) in [4.78, 5) is 16.2. The topological polar surface area (TPSA) is 29.5 Å². The van der Waals surface area contributed by atoms with Crippen molar-refractivity contribution in [3.8, 4) is 0 Å². The molecule has 6 heteroatoms. The van der Waals surface area contributed by atoms with E-state index in [9.17, 15) is 4.79 Å². The van der Waals surface area contributed by atoms with Crippen molar-refractivity contribution in [1.82, 2.24) is 4.90 Å². The van der Waals surface area contributed by atoms with Crippen LogP contribution in [0.5, 0.6) is 0 Å². The summed E-state index contributed by atoms with van der Waals surface area (Å²) in [5.41, 5.74) is 0.915. The molecule has 2 aromatic carbocycles. The van der Waals surface area contributed by atoms with Gasteiger partial charge < -0.3 is 9.64 Å². The first kappa shape index (κ1) is 27.1. The Morgan fingerprint density at radius 3 is 2.38 bits per heavy atom. The third-order valence-corrected chi connectivity index (χ3v) is 8.06. The molecule has 34 heavy (non-hydrogen) atoms. The number of amides is 1. The molecule has 0 spiro atoms. The van der Waals surface area contributed by atoms with E-state index in [0.29, 0.717) is 16.5 Å². The highest BCUT2D eigenvalue weighted by molar-refractivity contribution is 8.00. The number of ether oxygens (including phenoxy) is 1. The first-order valence-electron chi connectivity index (χ1n) is 11.8. The van der Waals surface area contributed by atoms with E-state index in [2.05, 4.69) is 39.2 Å². The van der Waals surface area contributed by atoms with Gasteiger partial charge in [-0.05, 0) is 48.7 Å². The van der Waals surface area contributed by atoms with E-state index >= 15 is 0 Å². The van der Waals surface area contributed by atoms with E-state index in [-0.39, 0.29) is 22.7 Å². The maximum absolute atomic E-state index is 14.1. The number of carbonyl (C=O) groups is 1. The van der Waals surface area contributed by atoms with E-state index in [0.717, 1.165) is 23.3 Å². The Morgan fingerprint density at radius 1 is 1.15 bits per heavy atom. The van der Waals surface area contributed by atoms with Crippen LogP contribution in [0.25, 0.3) is 0 Å². The molecule has 1 amide bonds.